The standard InChI is InChI=1S/C18H26F3N3O/c1-13-9-15(25)5-8-23(13)11-14-3-2-7-24(12-14)17-10-22-6-4-16(17)18(19,20)21/h4,6,10,13-15,25H,2-3,5,7-9,11-12H2,1H3. The molecule has 4 nitrogen and oxygen atoms in total. The quantitative estimate of drug-likeness (QED) is 0.902. The summed E-state index contributed by atoms with van der Waals surface area (Å²) in [6, 6.07) is 1.39. The van der Waals surface area contributed by atoms with Gasteiger partial charge in [0.25, 0.3) is 0 Å². The first-order chi connectivity index (χ1) is 11.8. The van der Waals surface area contributed by atoms with Crippen molar-refractivity contribution in [3.05, 3.63) is 24.0 Å². The fraction of sp³-hybridized carbons (Fsp3) is 0.722. The van der Waals surface area contributed by atoms with E-state index in [4.69, 9.17) is 0 Å². The van der Waals surface area contributed by atoms with Crippen molar-refractivity contribution in [3.8, 4) is 0 Å². The molecule has 0 radical (unpaired) electrons. The highest BCUT2D eigenvalue weighted by atomic mass is 19.4. The Balaban J connectivity index is 1.68. The number of halogens is 3. The molecular formula is C18H26F3N3O. The van der Waals surface area contributed by atoms with Gasteiger partial charge in [0.05, 0.1) is 23.6 Å². The highest BCUT2D eigenvalue weighted by Crippen LogP contribution is 2.37. The maximum absolute atomic E-state index is 13.3. The van der Waals surface area contributed by atoms with Crippen LogP contribution in [-0.4, -0.2) is 53.3 Å². The van der Waals surface area contributed by atoms with E-state index in [1.165, 1.54) is 12.4 Å². The van der Waals surface area contributed by atoms with E-state index in [9.17, 15) is 18.3 Å². The van der Waals surface area contributed by atoms with Crippen LogP contribution in [0.3, 0.4) is 0 Å². The van der Waals surface area contributed by atoms with Crippen LogP contribution in [0.25, 0.3) is 0 Å². The molecule has 0 saturated carbocycles. The van der Waals surface area contributed by atoms with Gasteiger partial charge < -0.3 is 14.9 Å². The number of aromatic nitrogens is 1. The van der Waals surface area contributed by atoms with E-state index in [1.54, 1.807) is 0 Å². The van der Waals surface area contributed by atoms with E-state index in [1.807, 2.05) is 4.90 Å². The van der Waals surface area contributed by atoms with Crippen LogP contribution in [0.15, 0.2) is 18.5 Å². The summed E-state index contributed by atoms with van der Waals surface area (Å²) in [6.45, 7) is 5.12. The summed E-state index contributed by atoms with van der Waals surface area (Å²) in [4.78, 5) is 8.13. The van der Waals surface area contributed by atoms with Crippen LogP contribution < -0.4 is 4.90 Å². The molecule has 2 aliphatic rings. The number of likely N-dealkylation sites (tertiary alicyclic amines) is 1. The van der Waals surface area contributed by atoms with Crippen molar-refractivity contribution in [3.63, 3.8) is 0 Å². The molecule has 3 rings (SSSR count). The summed E-state index contributed by atoms with van der Waals surface area (Å²) in [7, 11) is 0. The van der Waals surface area contributed by atoms with E-state index >= 15 is 0 Å². The zero-order valence-electron chi connectivity index (χ0n) is 14.5. The van der Waals surface area contributed by atoms with E-state index < -0.39 is 11.7 Å². The van der Waals surface area contributed by atoms with Gasteiger partial charge in [0.15, 0.2) is 0 Å². The molecule has 0 spiro atoms. The molecule has 140 valence electrons. The number of hydrogen-bond donors (Lipinski definition) is 1. The van der Waals surface area contributed by atoms with Gasteiger partial charge in [-0.25, -0.2) is 0 Å². The van der Waals surface area contributed by atoms with Crippen LogP contribution in [0, 0.1) is 5.92 Å². The van der Waals surface area contributed by atoms with Crippen molar-refractivity contribution in [2.24, 2.45) is 5.92 Å². The van der Waals surface area contributed by atoms with Gasteiger partial charge in [-0.2, -0.15) is 13.2 Å². The summed E-state index contributed by atoms with van der Waals surface area (Å²) in [5, 5.41) is 9.75. The van der Waals surface area contributed by atoms with Crippen LogP contribution in [0.4, 0.5) is 18.9 Å². The second kappa shape index (κ2) is 7.50. The van der Waals surface area contributed by atoms with E-state index in [-0.39, 0.29) is 11.8 Å². The smallest absolute Gasteiger partial charge is 0.393 e. The van der Waals surface area contributed by atoms with Gasteiger partial charge in [0, 0.05) is 38.4 Å². The summed E-state index contributed by atoms with van der Waals surface area (Å²) in [5.41, 5.74) is -0.403. The summed E-state index contributed by atoms with van der Waals surface area (Å²) in [5.74, 6) is 0.340. The number of nitrogens with zero attached hydrogens (tertiary/aromatic N) is 3. The number of aliphatic hydroxyl groups excluding tert-OH is 1. The first-order valence-electron chi connectivity index (χ1n) is 9.03. The molecule has 3 heterocycles. The number of alkyl halides is 3. The first kappa shape index (κ1) is 18.5. The maximum Gasteiger partial charge on any atom is 0.418 e. The number of piperidine rings is 2. The van der Waals surface area contributed by atoms with Crippen molar-refractivity contribution >= 4 is 5.69 Å². The largest absolute Gasteiger partial charge is 0.418 e. The van der Waals surface area contributed by atoms with Gasteiger partial charge in [0.1, 0.15) is 0 Å². The fourth-order valence-corrected chi connectivity index (χ4v) is 4.11. The van der Waals surface area contributed by atoms with Gasteiger partial charge in [-0.1, -0.05) is 0 Å². The molecule has 0 aromatic carbocycles. The molecule has 0 bridgehead atoms. The Bertz CT molecular complexity index is 581. The van der Waals surface area contributed by atoms with Gasteiger partial charge in [-0.3, -0.25) is 4.98 Å². The number of aliphatic hydroxyl groups is 1. The third kappa shape index (κ3) is 4.44. The summed E-state index contributed by atoms with van der Waals surface area (Å²) < 4.78 is 39.8. The molecule has 0 aliphatic carbocycles. The van der Waals surface area contributed by atoms with Crippen LogP contribution in [0.5, 0.6) is 0 Å². The Morgan fingerprint density at radius 3 is 2.80 bits per heavy atom. The third-order valence-corrected chi connectivity index (χ3v) is 5.44. The predicted molar refractivity (Wildman–Crippen MR) is 90.5 cm³/mol. The molecule has 2 fully saturated rings. The van der Waals surface area contributed by atoms with Crippen molar-refractivity contribution in [1.29, 1.82) is 0 Å². The highest BCUT2D eigenvalue weighted by Gasteiger charge is 2.36. The summed E-state index contributed by atoms with van der Waals surface area (Å²) >= 11 is 0. The van der Waals surface area contributed by atoms with Crippen LogP contribution in [0.2, 0.25) is 0 Å². The average Bonchev–Trinajstić information content (AvgIpc) is 2.57. The Morgan fingerprint density at radius 2 is 2.08 bits per heavy atom. The van der Waals surface area contributed by atoms with Crippen LogP contribution in [0.1, 0.15) is 38.2 Å². The zero-order valence-corrected chi connectivity index (χ0v) is 14.5. The molecule has 1 aromatic rings. The minimum Gasteiger partial charge on any atom is -0.393 e. The van der Waals surface area contributed by atoms with E-state index in [2.05, 4.69) is 16.8 Å². The van der Waals surface area contributed by atoms with Gasteiger partial charge in [-0.05, 0) is 44.6 Å². The minimum atomic E-state index is -4.36. The SMILES string of the molecule is CC1CC(O)CCN1CC1CCCN(c2cnccc2C(F)(F)F)C1. The van der Waals surface area contributed by atoms with E-state index in [0.717, 1.165) is 44.8 Å². The number of pyridine rings is 1. The Morgan fingerprint density at radius 1 is 1.28 bits per heavy atom. The zero-order chi connectivity index (χ0) is 18.0. The molecule has 2 aliphatic heterocycles. The van der Waals surface area contributed by atoms with Gasteiger partial charge >= 0.3 is 6.18 Å². The van der Waals surface area contributed by atoms with E-state index in [0.29, 0.717) is 25.0 Å². The topological polar surface area (TPSA) is 39.6 Å². The summed E-state index contributed by atoms with van der Waals surface area (Å²) in [6.07, 6.45) is 1.44. The molecule has 7 heteroatoms. The maximum atomic E-state index is 13.3. The fourth-order valence-electron chi connectivity index (χ4n) is 4.11. The highest BCUT2D eigenvalue weighted by molar-refractivity contribution is 5.53. The number of hydrogen-bond acceptors (Lipinski definition) is 4. The predicted octanol–water partition coefficient (Wildman–Crippen LogP) is 3.16. The van der Waals surface area contributed by atoms with Crippen molar-refractivity contribution in [2.75, 3.05) is 31.1 Å². The van der Waals surface area contributed by atoms with Crippen molar-refractivity contribution < 1.29 is 18.3 Å². The molecule has 1 aromatic heterocycles. The lowest BCUT2D eigenvalue weighted by Gasteiger charge is -2.41. The number of rotatable bonds is 3. The van der Waals surface area contributed by atoms with Crippen molar-refractivity contribution in [2.45, 2.75) is 50.9 Å². The van der Waals surface area contributed by atoms with Crippen LogP contribution in [-0.2, 0) is 6.18 Å². The average molecular weight is 357 g/mol. The molecule has 25 heavy (non-hydrogen) atoms. The Labute approximate surface area is 146 Å². The Kier molecular flexibility index (Phi) is 5.53. The third-order valence-electron chi connectivity index (χ3n) is 5.44. The van der Waals surface area contributed by atoms with Gasteiger partial charge in [-0.15, -0.1) is 0 Å². The Hall–Kier alpha value is -1.34. The normalized spacial score (nSPS) is 29.0. The van der Waals surface area contributed by atoms with Gasteiger partial charge in [0.2, 0.25) is 0 Å². The lowest BCUT2D eigenvalue weighted by molar-refractivity contribution is -0.137. The molecule has 3 atom stereocenters. The molecule has 1 N–H and O–H groups in total. The second-order valence-corrected chi connectivity index (χ2v) is 7.37. The molecule has 3 unspecified atom stereocenters. The molecule has 2 saturated heterocycles. The second-order valence-electron chi connectivity index (χ2n) is 7.37. The monoisotopic (exact) mass is 357 g/mol. The first-order valence-corrected chi connectivity index (χ1v) is 9.03. The lowest BCUT2D eigenvalue weighted by Crippen LogP contribution is -2.48. The molecule has 0 amide bonds. The van der Waals surface area contributed by atoms with Crippen molar-refractivity contribution in [1.82, 2.24) is 9.88 Å². The number of anilines is 1. The lowest BCUT2D eigenvalue weighted by atomic mass is 9.93. The minimum absolute atomic E-state index is 0.196. The van der Waals surface area contributed by atoms with Crippen LogP contribution >= 0.6 is 0 Å². The molecular weight excluding hydrogens is 331 g/mol.